The van der Waals surface area contributed by atoms with Crippen LogP contribution in [0.4, 0.5) is 10.3 Å². The fourth-order valence-corrected chi connectivity index (χ4v) is 4.39. The molecule has 4 heterocycles. The minimum atomic E-state index is -0.379. The molecule has 1 aromatic carbocycles. The largest absolute Gasteiger partial charge is 0.342 e. The van der Waals surface area contributed by atoms with Crippen LogP contribution in [-0.4, -0.2) is 37.2 Å². The number of hydrogen-bond donors (Lipinski definition) is 0. The lowest BCUT2D eigenvalue weighted by atomic mass is 9.96. The maximum atomic E-state index is 13.5. The van der Waals surface area contributed by atoms with Gasteiger partial charge in [-0.05, 0) is 49.9 Å². The molecule has 1 aliphatic heterocycles. The van der Waals surface area contributed by atoms with E-state index in [2.05, 4.69) is 14.9 Å². The molecule has 30 heavy (non-hydrogen) atoms. The molecular weight excluding hydrogens is 383 g/mol. The minimum Gasteiger partial charge on any atom is -0.342 e. The predicted molar refractivity (Wildman–Crippen MR) is 114 cm³/mol. The molecule has 5 rings (SSSR count). The first kappa shape index (κ1) is 18.7. The van der Waals surface area contributed by atoms with Crippen molar-refractivity contribution in [1.29, 1.82) is 0 Å². The van der Waals surface area contributed by atoms with Gasteiger partial charge in [-0.25, -0.2) is 19.3 Å². The molecular formula is C22H23FN6O. The molecule has 0 saturated carbocycles. The Morgan fingerprint density at radius 2 is 1.93 bits per heavy atom. The number of anilines is 1. The average molecular weight is 406 g/mol. The van der Waals surface area contributed by atoms with Crippen molar-refractivity contribution >= 4 is 28.0 Å². The van der Waals surface area contributed by atoms with Gasteiger partial charge in [0, 0.05) is 38.9 Å². The molecule has 0 radical (unpaired) electrons. The molecule has 0 aliphatic carbocycles. The summed E-state index contributed by atoms with van der Waals surface area (Å²) in [5.41, 5.74) is 2.11. The number of benzene rings is 1. The van der Waals surface area contributed by atoms with Crippen molar-refractivity contribution in [3.05, 3.63) is 58.5 Å². The summed E-state index contributed by atoms with van der Waals surface area (Å²) in [6.45, 7) is 4.19. The Balaban J connectivity index is 1.34. The highest BCUT2D eigenvalue weighted by Crippen LogP contribution is 2.26. The quantitative estimate of drug-likeness (QED) is 0.523. The van der Waals surface area contributed by atoms with E-state index < -0.39 is 0 Å². The molecule has 7 nitrogen and oxygen atoms in total. The fraction of sp³-hybridized carbons (Fsp3) is 0.364. The zero-order valence-electron chi connectivity index (χ0n) is 17.0. The van der Waals surface area contributed by atoms with E-state index in [0.717, 1.165) is 43.0 Å². The minimum absolute atomic E-state index is 0.0960. The number of hydrogen-bond acceptors (Lipinski definition) is 5. The summed E-state index contributed by atoms with van der Waals surface area (Å²) in [5.74, 6) is 1.56. The van der Waals surface area contributed by atoms with Crippen molar-refractivity contribution in [2.45, 2.75) is 26.3 Å². The van der Waals surface area contributed by atoms with Crippen LogP contribution in [0.25, 0.3) is 22.1 Å². The van der Waals surface area contributed by atoms with Crippen molar-refractivity contribution in [1.82, 2.24) is 24.1 Å². The van der Waals surface area contributed by atoms with Crippen LogP contribution in [0.1, 0.15) is 18.7 Å². The number of pyridine rings is 1. The molecule has 3 aromatic heterocycles. The highest BCUT2D eigenvalue weighted by molar-refractivity contribution is 5.77. The lowest BCUT2D eigenvalue weighted by Crippen LogP contribution is -2.38. The first-order valence-electron chi connectivity index (χ1n) is 10.2. The first-order chi connectivity index (χ1) is 14.5. The van der Waals surface area contributed by atoms with E-state index in [-0.39, 0.29) is 11.4 Å². The molecule has 0 unspecified atom stereocenters. The van der Waals surface area contributed by atoms with Crippen molar-refractivity contribution < 1.29 is 4.39 Å². The van der Waals surface area contributed by atoms with E-state index in [1.165, 1.54) is 18.2 Å². The van der Waals surface area contributed by atoms with E-state index in [1.54, 1.807) is 10.8 Å². The summed E-state index contributed by atoms with van der Waals surface area (Å²) >= 11 is 0. The van der Waals surface area contributed by atoms with Crippen LogP contribution in [0.15, 0.2) is 41.3 Å². The second kappa shape index (κ2) is 7.19. The van der Waals surface area contributed by atoms with Gasteiger partial charge in [-0.15, -0.1) is 0 Å². The third kappa shape index (κ3) is 3.12. The molecule has 0 atom stereocenters. The zero-order valence-corrected chi connectivity index (χ0v) is 17.0. The highest BCUT2D eigenvalue weighted by atomic mass is 19.1. The number of halogens is 1. The molecule has 154 valence electrons. The van der Waals surface area contributed by atoms with Gasteiger partial charge < -0.3 is 4.90 Å². The molecule has 8 heteroatoms. The summed E-state index contributed by atoms with van der Waals surface area (Å²) in [4.78, 5) is 28.8. The summed E-state index contributed by atoms with van der Waals surface area (Å²) in [7, 11) is 2.00. The van der Waals surface area contributed by atoms with Gasteiger partial charge in [0.15, 0.2) is 5.65 Å². The molecule has 1 saturated heterocycles. The van der Waals surface area contributed by atoms with Crippen LogP contribution in [0.2, 0.25) is 0 Å². The number of rotatable bonds is 3. The number of piperidine rings is 1. The van der Waals surface area contributed by atoms with Gasteiger partial charge in [0.05, 0.1) is 10.9 Å². The van der Waals surface area contributed by atoms with Crippen LogP contribution in [0.5, 0.6) is 0 Å². The Hall–Kier alpha value is -3.29. The van der Waals surface area contributed by atoms with Crippen LogP contribution in [0.3, 0.4) is 0 Å². The van der Waals surface area contributed by atoms with Crippen molar-refractivity contribution in [3.8, 4) is 0 Å². The Labute approximate surface area is 172 Å². The van der Waals surface area contributed by atoms with Gasteiger partial charge in [-0.1, -0.05) is 0 Å². The topological polar surface area (TPSA) is 68.8 Å². The normalized spacial score (nSPS) is 15.4. The Bertz CT molecular complexity index is 1300. The lowest BCUT2D eigenvalue weighted by Gasteiger charge is -2.33. The van der Waals surface area contributed by atoms with Gasteiger partial charge >= 0.3 is 0 Å². The van der Waals surface area contributed by atoms with Gasteiger partial charge in [0.25, 0.3) is 5.56 Å². The Kier molecular flexibility index (Phi) is 4.49. The standard InChI is InChI=1S/C22H23FN6O/c1-14-25-19-12-16(23)5-6-17(19)21(30)29(14)13-15-7-10-28(11-8-15)22-26-18-4-3-9-24-20(18)27(22)2/h3-6,9,12,15H,7-8,10-11,13H2,1-2H3. The monoisotopic (exact) mass is 406 g/mol. The van der Waals surface area contributed by atoms with E-state index in [9.17, 15) is 9.18 Å². The Morgan fingerprint density at radius 3 is 2.70 bits per heavy atom. The Morgan fingerprint density at radius 1 is 1.13 bits per heavy atom. The second-order valence-electron chi connectivity index (χ2n) is 7.98. The summed E-state index contributed by atoms with van der Waals surface area (Å²) in [5, 5.41) is 0.464. The number of aryl methyl sites for hydroxylation is 2. The molecule has 1 fully saturated rings. The van der Waals surface area contributed by atoms with E-state index in [4.69, 9.17) is 4.98 Å². The predicted octanol–water partition coefficient (Wildman–Crippen LogP) is 3.04. The van der Waals surface area contributed by atoms with Gasteiger partial charge in [0.1, 0.15) is 17.2 Å². The molecule has 0 N–H and O–H groups in total. The van der Waals surface area contributed by atoms with Gasteiger partial charge in [0.2, 0.25) is 5.95 Å². The molecule has 0 spiro atoms. The fourth-order valence-electron chi connectivity index (χ4n) is 4.39. The van der Waals surface area contributed by atoms with Crippen molar-refractivity contribution in [2.24, 2.45) is 13.0 Å². The SMILES string of the molecule is Cc1nc2cc(F)ccc2c(=O)n1CC1CCN(c2nc3cccnc3n2C)CC1. The van der Waals surface area contributed by atoms with E-state index in [0.29, 0.717) is 29.2 Å². The third-order valence-corrected chi connectivity index (χ3v) is 6.05. The maximum Gasteiger partial charge on any atom is 0.261 e. The second-order valence-corrected chi connectivity index (χ2v) is 7.98. The van der Waals surface area contributed by atoms with Crippen molar-refractivity contribution in [2.75, 3.05) is 18.0 Å². The molecule has 0 amide bonds. The third-order valence-electron chi connectivity index (χ3n) is 6.05. The first-order valence-corrected chi connectivity index (χ1v) is 10.2. The zero-order chi connectivity index (χ0) is 20.8. The molecule has 1 aliphatic rings. The lowest BCUT2D eigenvalue weighted by molar-refractivity contribution is 0.346. The van der Waals surface area contributed by atoms with Crippen LogP contribution in [0, 0.1) is 18.7 Å². The highest BCUT2D eigenvalue weighted by Gasteiger charge is 2.24. The maximum absolute atomic E-state index is 13.5. The van der Waals surface area contributed by atoms with E-state index >= 15 is 0 Å². The van der Waals surface area contributed by atoms with Crippen LogP contribution >= 0.6 is 0 Å². The number of imidazole rings is 1. The van der Waals surface area contributed by atoms with Crippen molar-refractivity contribution in [3.63, 3.8) is 0 Å². The van der Waals surface area contributed by atoms with Gasteiger partial charge in [-0.3, -0.25) is 13.9 Å². The summed E-state index contributed by atoms with van der Waals surface area (Å²) in [6.07, 6.45) is 3.71. The van der Waals surface area contributed by atoms with Crippen LogP contribution < -0.4 is 10.5 Å². The summed E-state index contributed by atoms with van der Waals surface area (Å²) < 4.78 is 17.3. The number of nitrogens with zero attached hydrogens (tertiary/aromatic N) is 6. The average Bonchev–Trinajstić information content (AvgIpc) is 3.08. The molecule has 0 bridgehead atoms. The number of fused-ring (bicyclic) bond motifs is 2. The number of aromatic nitrogens is 5. The summed E-state index contributed by atoms with van der Waals surface area (Å²) in [6, 6.07) is 8.04. The smallest absolute Gasteiger partial charge is 0.261 e. The van der Waals surface area contributed by atoms with Gasteiger partial charge in [-0.2, -0.15) is 0 Å². The van der Waals surface area contributed by atoms with E-state index in [1.807, 2.05) is 30.7 Å². The molecule has 4 aromatic rings. The van der Waals surface area contributed by atoms with Crippen LogP contribution in [-0.2, 0) is 13.6 Å².